The minimum atomic E-state index is -0.319. The first-order valence-corrected chi connectivity index (χ1v) is 15.8. The molecule has 0 aromatic heterocycles. The molecule has 45 heavy (non-hydrogen) atoms. The van der Waals surface area contributed by atoms with Gasteiger partial charge in [-0.1, -0.05) is 12.1 Å². The molecular formula is C35H42N6O4. The van der Waals surface area contributed by atoms with E-state index < -0.39 is 0 Å². The Labute approximate surface area is 264 Å². The Hall–Kier alpha value is -4.73. The number of piperazine rings is 1. The van der Waals surface area contributed by atoms with E-state index in [-0.39, 0.29) is 30.8 Å². The van der Waals surface area contributed by atoms with Crippen molar-refractivity contribution in [2.75, 3.05) is 73.4 Å². The lowest BCUT2D eigenvalue weighted by atomic mass is 9.95. The number of nitrogen functional groups attached to an aromatic ring is 1. The van der Waals surface area contributed by atoms with E-state index in [1.807, 2.05) is 66.4 Å². The number of benzene rings is 3. The van der Waals surface area contributed by atoms with E-state index in [2.05, 4.69) is 21.9 Å². The molecule has 10 nitrogen and oxygen atoms in total. The van der Waals surface area contributed by atoms with Gasteiger partial charge in [-0.3, -0.25) is 19.4 Å². The Morgan fingerprint density at radius 2 is 1.51 bits per heavy atom. The predicted molar refractivity (Wildman–Crippen MR) is 177 cm³/mol. The van der Waals surface area contributed by atoms with Gasteiger partial charge in [0.1, 0.15) is 5.75 Å². The number of amides is 4. The minimum Gasteiger partial charge on any atom is -0.497 e. The van der Waals surface area contributed by atoms with Gasteiger partial charge in [0, 0.05) is 68.4 Å². The van der Waals surface area contributed by atoms with Crippen molar-refractivity contribution >= 4 is 40.6 Å². The summed E-state index contributed by atoms with van der Waals surface area (Å²) in [4.78, 5) is 49.0. The van der Waals surface area contributed by atoms with Crippen LogP contribution in [0.2, 0.25) is 0 Å². The normalized spacial score (nSPS) is 18.2. The zero-order valence-corrected chi connectivity index (χ0v) is 26.2. The van der Waals surface area contributed by atoms with Gasteiger partial charge in [0.25, 0.3) is 0 Å². The summed E-state index contributed by atoms with van der Waals surface area (Å²) in [6.45, 7) is 7.12. The molecule has 3 saturated heterocycles. The molecule has 0 saturated carbocycles. The van der Waals surface area contributed by atoms with Crippen molar-refractivity contribution in [3.05, 3.63) is 77.9 Å². The molecule has 3 aliphatic heterocycles. The number of anilines is 4. The number of hydrogen-bond donors (Lipinski definition) is 1. The summed E-state index contributed by atoms with van der Waals surface area (Å²) < 4.78 is 5.22. The molecule has 6 rings (SSSR count). The fourth-order valence-corrected chi connectivity index (χ4v) is 6.61. The van der Waals surface area contributed by atoms with Crippen molar-refractivity contribution in [3.63, 3.8) is 0 Å². The van der Waals surface area contributed by atoms with Crippen LogP contribution in [0.4, 0.5) is 27.5 Å². The summed E-state index contributed by atoms with van der Waals surface area (Å²) >= 11 is 0. The van der Waals surface area contributed by atoms with Gasteiger partial charge in [-0.2, -0.15) is 0 Å². The zero-order chi connectivity index (χ0) is 31.5. The average Bonchev–Trinajstić information content (AvgIpc) is 3.05. The van der Waals surface area contributed by atoms with E-state index in [4.69, 9.17) is 10.5 Å². The number of carbonyl (C=O) groups excluding carboxylic acids is 3. The number of rotatable bonds is 8. The van der Waals surface area contributed by atoms with E-state index in [0.717, 1.165) is 73.0 Å². The van der Waals surface area contributed by atoms with Crippen LogP contribution >= 0.6 is 0 Å². The summed E-state index contributed by atoms with van der Waals surface area (Å²) in [5.41, 5.74) is 11.4. The van der Waals surface area contributed by atoms with Crippen LogP contribution in [0.15, 0.2) is 66.7 Å². The summed E-state index contributed by atoms with van der Waals surface area (Å²) in [7, 11) is 1.60. The molecule has 3 aromatic carbocycles. The van der Waals surface area contributed by atoms with Gasteiger partial charge in [0.2, 0.25) is 11.8 Å². The fourth-order valence-electron chi connectivity index (χ4n) is 6.61. The average molecular weight is 611 g/mol. The first-order chi connectivity index (χ1) is 21.8. The lowest BCUT2D eigenvalue weighted by Crippen LogP contribution is -2.52. The van der Waals surface area contributed by atoms with Gasteiger partial charge in [-0.15, -0.1) is 0 Å². The van der Waals surface area contributed by atoms with Crippen molar-refractivity contribution in [2.45, 2.75) is 32.7 Å². The maximum Gasteiger partial charge on any atom is 0.331 e. The first kappa shape index (κ1) is 30.3. The molecule has 236 valence electrons. The maximum atomic E-state index is 13.5. The highest BCUT2D eigenvalue weighted by Crippen LogP contribution is 2.31. The van der Waals surface area contributed by atoms with Gasteiger partial charge in [0.05, 0.1) is 20.2 Å². The summed E-state index contributed by atoms with van der Waals surface area (Å²) in [6, 6.07) is 21.1. The molecule has 3 aliphatic rings. The number of aryl methyl sites for hydroxylation is 1. The maximum absolute atomic E-state index is 13.5. The van der Waals surface area contributed by atoms with E-state index in [9.17, 15) is 14.4 Å². The topological polar surface area (TPSA) is 103 Å². The molecule has 0 spiro atoms. The third kappa shape index (κ3) is 6.69. The number of methoxy groups -OCH3 is 1. The van der Waals surface area contributed by atoms with Gasteiger partial charge in [-0.05, 0) is 91.4 Å². The molecule has 0 atom stereocenters. The summed E-state index contributed by atoms with van der Waals surface area (Å²) in [5.74, 6) is 1.21. The molecule has 0 radical (unpaired) electrons. The molecule has 0 aliphatic carbocycles. The Bertz CT molecular complexity index is 1530. The molecule has 2 N–H and O–H groups in total. The van der Waals surface area contributed by atoms with Gasteiger partial charge in [0.15, 0.2) is 0 Å². The van der Waals surface area contributed by atoms with Crippen LogP contribution in [0, 0.1) is 12.8 Å². The number of ether oxygens (including phenoxy) is 1. The summed E-state index contributed by atoms with van der Waals surface area (Å²) in [6.07, 6.45) is 2.40. The molecule has 0 unspecified atom stereocenters. The second kappa shape index (κ2) is 13.1. The SMILES string of the molecule is COc1ccc(CN2C(=O)CCN(c3ccc(N4CCN(CC5CCN(c6ccc(N)cc6)CC5)C(=O)C4)cc3C)C2=O)cc1. The van der Waals surface area contributed by atoms with E-state index >= 15 is 0 Å². The molecule has 3 heterocycles. The van der Waals surface area contributed by atoms with Crippen LogP contribution in [-0.2, 0) is 16.1 Å². The molecule has 4 amide bonds. The van der Waals surface area contributed by atoms with Crippen LogP contribution in [0.3, 0.4) is 0 Å². The number of imide groups is 1. The number of piperidine rings is 1. The smallest absolute Gasteiger partial charge is 0.331 e. The van der Waals surface area contributed by atoms with E-state index in [1.54, 1.807) is 12.0 Å². The van der Waals surface area contributed by atoms with Crippen molar-refractivity contribution in [1.29, 1.82) is 0 Å². The Balaban J connectivity index is 1.04. The molecular weight excluding hydrogens is 568 g/mol. The number of nitrogens with two attached hydrogens (primary N) is 1. The third-order valence-electron chi connectivity index (χ3n) is 9.32. The minimum absolute atomic E-state index is 0.155. The van der Waals surface area contributed by atoms with E-state index in [1.165, 1.54) is 10.6 Å². The molecule has 3 fully saturated rings. The highest BCUT2D eigenvalue weighted by Gasteiger charge is 2.34. The number of urea groups is 1. The Morgan fingerprint density at radius 1 is 0.800 bits per heavy atom. The van der Waals surface area contributed by atoms with Gasteiger partial charge in [-0.25, -0.2) is 4.79 Å². The highest BCUT2D eigenvalue weighted by atomic mass is 16.5. The lowest BCUT2D eigenvalue weighted by molar-refractivity contribution is -0.132. The first-order valence-electron chi connectivity index (χ1n) is 15.8. The van der Waals surface area contributed by atoms with Crippen LogP contribution in [0.25, 0.3) is 0 Å². The molecule has 0 bridgehead atoms. The van der Waals surface area contributed by atoms with Crippen LogP contribution in [0.1, 0.15) is 30.4 Å². The van der Waals surface area contributed by atoms with Crippen molar-refractivity contribution in [1.82, 2.24) is 9.80 Å². The quantitative estimate of drug-likeness (QED) is 0.375. The number of nitrogens with zero attached hydrogens (tertiary/aromatic N) is 5. The summed E-state index contributed by atoms with van der Waals surface area (Å²) in [5, 5.41) is 0. The van der Waals surface area contributed by atoms with E-state index in [0.29, 0.717) is 25.6 Å². The zero-order valence-electron chi connectivity index (χ0n) is 26.2. The molecule has 10 heteroatoms. The third-order valence-corrected chi connectivity index (χ3v) is 9.32. The second-order valence-corrected chi connectivity index (χ2v) is 12.3. The van der Waals surface area contributed by atoms with Crippen LogP contribution in [0.5, 0.6) is 5.75 Å². The highest BCUT2D eigenvalue weighted by molar-refractivity contribution is 6.06. The molecule has 3 aromatic rings. The van der Waals surface area contributed by atoms with Crippen molar-refractivity contribution < 1.29 is 19.1 Å². The largest absolute Gasteiger partial charge is 0.497 e. The lowest BCUT2D eigenvalue weighted by Gasteiger charge is -2.40. The number of hydrogen-bond acceptors (Lipinski definition) is 7. The fraction of sp³-hybridized carbons (Fsp3) is 0.400. The van der Waals surface area contributed by atoms with Gasteiger partial charge < -0.3 is 25.2 Å². The van der Waals surface area contributed by atoms with Crippen LogP contribution in [-0.4, -0.2) is 80.6 Å². The van der Waals surface area contributed by atoms with Crippen molar-refractivity contribution in [3.8, 4) is 5.75 Å². The number of carbonyl (C=O) groups is 3. The Kier molecular flexibility index (Phi) is 8.82. The predicted octanol–water partition coefficient (Wildman–Crippen LogP) is 4.51. The second-order valence-electron chi connectivity index (χ2n) is 12.3. The monoisotopic (exact) mass is 610 g/mol. The van der Waals surface area contributed by atoms with Crippen molar-refractivity contribution in [2.24, 2.45) is 5.92 Å². The van der Waals surface area contributed by atoms with Crippen LogP contribution < -0.4 is 25.2 Å². The Morgan fingerprint density at radius 3 is 2.18 bits per heavy atom. The standard InChI is InChI=1S/C35H42N6O4/c1-25-21-30(9-12-32(25)40-18-15-33(42)41(35(40)44)23-26-3-10-31(45-2)11-4-26)38-19-20-39(34(43)24-38)22-27-13-16-37(17-14-27)29-7-5-28(36)6-8-29/h3-12,21,27H,13-20,22-24,36H2,1-2H3. The van der Waals surface area contributed by atoms with Gasteiger partial charge >= 0.3 is 6.03 Å².